The SMILES string of the molecule is CNC(=O)O[C@H](C(=O)N[C@@H](Cc1ccc(C#Cc2ccc(N3C[C@@H]4CC[C@@H](C3)N4C3COC3)nc2)cc1)[C@@H](O)CN(Cc1ccc(-c2ccn(CC(F)F)n2)cc1)NC(=O)[C@@H](NC(=O)OC)C(C)(C)C(F)(F)F)C(C)(C)C(F)(F)F. The quantitative estimate of drug-likeness (QED) is 0.0380. The Morgan fingerprint density at radius 3 is 1.96 bits per heavy atom. The van der Waals surface area contributed by atoms with Gasteiger partial charge in [-0.25, -0.2) is 28.4 Å². The number of ether oxygens (including phenoxy) is 3. The number of piperazine rings is 1. The number of nitrogens with zero attached hydrogens (tertiary/aromatic N) is 6. The Labute approximate surface area is 456 Å². The van der Waals surface area contributed by atoms with Crippen molar-refractivity contribution in [2.75, 3.05) is 51.9 Å². The van der Waals surface area contributed by atoms with E-state index in [1.54, 1.807) is 30.5 Å². The largest absolute Gasteiger partial charge is 0.453 e. The molecule has 3 aliphatic rings. The van der Waals surface area contributed by atoms with Crippen molar-refractivity contribution in [1.29, 1.82) is 0 Å². The van der Waals surface area contributed by atoms with Crippen molar-refractivity contribution in [2.24, 2.45) is 10.8 Å². The lowest BCUT2D eigenvalue weighted by molar-refractivity contribution is -0.239. The molecule has 2 bridgehead atoms. The molecule has 0 radical (unpaired) electrons. The molecule has 4 aromatic rings. The van der Waals surface area contributed by atoms with Crippen molar-refractivity contribution < 1.29 is 73.6 Å². The summed E-state index contributed by atoms with van der Waals surface area (Å²) < 4.78 is 129. The highest BCUT2D eigenvalue weighted by Crippen LogP contribution is 2.43. The normalized spacial score (nSPS) is 18.5. The van der Waals surface area contributed by atoms with Gasteiger partial charge in [0, 0.05) is 74.4 Å². The molecule has 0 unspecified atom stereocenters. The minimum Gasteiger partial charge on any atom is -0.453 e. The number of fused-ring (bicyclic) bond motifs is 2. The van der Waals surface area contributed by atoms with Gasteiger partial charge in [-0.15, -0.1) is 0 Å². The Balaban J connectivity index is 1.15. The van der Waals surface area contributed by atoms with Crippen LogP contribution in [0.2, 0.25) is 0 Å². The van der Waals surface area contributed by atoms with E-state index in [4.69, 9.17) is 14.5 Å². The summed E-state index contributed by atoms with van der Waals surface area (Å²) in [5, 5.41) is 23.6. The zero-order valence-corrected chi connectivity index (χ0v) is 44.7. The van der Waals surface area contributed by atoms with Crippen molar-refractivity contribution >= 4 is 29.8 Å². The van der Waals surface area contributed by atoms with Gasteiger partial charge >= 0.3 is 24.5 Å². The Bertz CT molecular complexity index is 2820. The molecule has 3 saturated heterocycles. The van der Waals surface area contributed by atoms with Gasteiger partial charge in [-0.2, -0.15) is 31.4 Å². The molecule has 3 fully saturated rings. The van der Waals surface area contributed by atoms with Crippen LogP contribution in [0.3, 0.4) is 0 Å². The van der Waals surface area contributed by atoms with Crippen LogP contribution in [0.15, 0.2) is 79.1 Å². The third kappa shape index (κ3) is 14.6. The van der Waals surface area contributed by atoms with Crippen molar-refractivity contribution in [3.63, 3.8) is 0 Å². The smallest absolute Gasteiger partial charge is 0.407 e. The second-order valence-electron chi connectivity index (χ2n) is 21.1. The lowest BCUT2D eigenvalue weighted by Gasteiger charge is -2.47. The predicted octanol–water partition coefficient (Wildman–Crippen LogP) is 6.21. The number of carbonyl (C=O) groups is 4. The molecule has 5 N–H and O–H groups in total. The number of hydrazine groups is 1. The fourth-order valence-corrected chi connectivity index (χ4v) is 9.67. The zero-order chi connectivity index (χ0) is 58.3. The van der Waals surface area contributed by atoms with E-state index in [1.807, 2.05) is 22.8 Å². The van der Waals surface area contributed by atoms with E-state index in [0.717, 1.165) is 68.8 Å². The number of halogens is 8. The number of hydrogen-bond acceptors (Lipinski definition) is 13. The van der Waals surface area contributed by atoms with Crippen molar-refractivity contribution in [2.45, 2.75) is 121 Å². The first-order valence-corrected chi connectivity index (χ1v) is 25.7. The second-order valence-corrected chi connectivity index (χ2v) is 21.1. The summed E-state index contributed by atoms with van der Waals surface area (Å²) in [6.45, 7) is 4.00. The number of aromatic nitrogens is 3. The highest BCUT2D eigenvalue weighted by atomic mass is 19.4. The molecule has 0 spiro atoms. The third-order valence-corrected chi connectivity index (χ3v) is 14.7. The van der Waals surface area contributed by atoms with E-state index in [1.165, 1.54) is 36.5 Å². The van der Waals surface area contributed by atoms with Crippen LogP contribution in [-0.4, -0.2) is 162 Å². The average Bonchev–Trinajstić information content (AvgIpc) is 3.94. The number of alkyl carbamates (subject to hydrolysis) is 2. The summed E-state index contributed by atoms with van der Waals surface area (Å²) in [6.07, 6.45) is -15.2. The molecule has 2 aromatic carbocycles. The van der Waals surface area contributed by atoms with E-state index in [9.17, 15) is 59.4 Å². The summed E-state index contributed by atoms with van der Waals surface area (Å²) >= 11 is 0. The van der Waals surface area contributed by atoms with E-state index in [-0.39, 0.29) is 6.42 Å². The topological polar surface area (TPSA) is 205 Å². The molecule has 7 rings (SSSR count). The molecule has 80 heavy (non-hydrogen) atoms. The number of pyridine rings is 1. The maximum absolute atomic E-state index is 14.6. The standard InChI is InChI=1S/C54H64F8N10O8/c1-51(2,53(57,58)59)45(66-50(77)78-6)47(74)68-71(25-35-13-16-36(17-14-35)40-21-22-70(67-40)29-43(55)56)28-42(73)41(65-48(75)46(80-49(76)63-5)52(3,4)54(60,61)62)23-33-10-7-32(8-11-33)9-12-34-15-20-44(64-24-34)69-26-37-18-19-38(27-69)72(37)39-30-79-31-39/h7-8,10-11,13-17,20-22,24,37-39,41-43,45-46,73H,18-19,23,25-31H2,1-6H3,(H,63,76)(H,65,75)(H,66,77)(H,68,74)/t37-,38-,41-,42-,45+,46+/m0/s1. The molecule has 3 aliphatic heterocycles. The molecule has 0 aliphatic carbocycles. The summed E-state index contributed by atoms with van der Waals surface area (Å²) in [4.78, 5) is 62.6. The van der Waals surface area contributed by atoms with Crippen molar-refractivity contribution in [3.05, 3.63) is 101 Å². The van der Waals surface area contributed by atoms with E-state index in [2.05, 4.69) is 42.2 Å². The number of methoxy groups -OCH3 is 1. The average molecular weight is 1130 g/mol. The Morgan fingerprint density at radius 1 is 0.800 bits per heavy atom. The van der Waals surface area contributed by atoms with Crippen LogP contribution in [-0.2, 0) is 43.3 Å². The molecular formula is C54H64F8N10O8. The fraction of sp³-hybridized carbons (Fsp3) is 0.519. The van der Waals surface area contributed by atoms with E-state index in [0.29, 0.717) is 79.3 Å². The third-order valence-electron chi connectivity index (χ3n) is 14.7. The van der Waals surface area contributed by atoms with Gasteiger partial charge in [-0.1, -0.05) is 48.2 Å². The molecule has 5 heterocycles. The summed E-state index contributed by atoms with van der Waals surface area (Å²) in [5.41, 5.74) is -1.00. The number of nitrogens with one attached hydrogen (secondary N) is 4. The van der Waals surface area contributed by atoms with Crippen molar-refractivity contribution in [3.8, 4) is 23.1 Å². The maximum atomic E-state index is 14.6. The Morgan fingerprint density at radius 2 is 1.41 bits per heavy atom. The minimum atomic E-state index is -5.13. The predicted molar refractivity (Wildman–Crippen MR) is 274 cm³/mol. The number of rotatable bonds is 20. The summed E-state index contributed by atoms with van der Waals surface area (Å²) in [6, 6.07) is 15.2. The lowest BCUT2D eigenvalue weighted by Crippen LogP contribution is -2.62. The van der Waals surface area contributed by atoms with Crippen LogP contribution in [0, 0.1) is 22.7 Å². The molecule has 0 saturated carbocycles. The second kappa shape index (κ2) is 25.2. The molecule has 4 amide bonds. The van der Waals surface area contributed by atoms with E-state index < -0.39 is 97.5 Å². The van der Waals surface area contributed by atoms with Crippen molar-refractivity contribution in [1.82, 2.24) is 46.0 Å². The maximum Gasteiger partial charge on any atom is 0.407 e. The summed E-state index contributed by atoms with van der Waals surface area (Å²) in [7, 11) is 1.93. The number of amides is 4. The molecule has 434 valence electrons. The first-order chi connectivity index (χ1) is 37.7. The number of benzene rings is 2. The zero-order valence-electron chi connectivity index (χ0n) is 44.7. The van der Waals surface area contributed by atoms with Crippen LogP contribution in [0.1, 0.15) is 62.8 Å². The van der Waals surface area contributed by atoms with Gasteiger partial charge in [0.2, 0.25) is 0 Å². The first kappa shape index (κ1) is 60.6. The van der Waals surface area contributed by atoms with Gasteiger partial charge in [0.25, 0.3) is 18.2 Å². The fourth-order valence-electron chi connectivity index (χ4n) is 9.67. The van der Waals surface area contributed by atoms with Gasteiger partial charge in [0.05, 0.1) is 49.6 Å². The van der Waals surface area contributed by atoms with Gasteiger partial charge < -0.3 is 40.2 Å². The van der Waals surface area contributed by atoms with Gasteiger partial charge in [-0.3, -0.25) is 24.6 Å². The number of hydrogen-bond donors (Lipinski definition) is 5. The minimum absolute atomic E-state index is 0.309. The molecule has 2 aromatic heterocycles. The van der Waals surface area contributed by atoms with Crippen LogP contribution < -0.4 is 26.3 Å². The van der Waals surface area contributed by atoms with Gasteiger partial charge in [0.1, 0.15) is 23.8 Å². The molecule has 6 atom stereocenters. The number of anilines is 1. The number of alkyl halides is 8. The molecule has 18 nitrogen and oxygen atoms in total. The van der Waals surface area contributed by atoms with Crippen LogP contribution in [0.4, 0.5) is 50.5 Å². The Hall–Kier alpha value is -7.08. The Kier molecular flexibility index (Phi) is 19.0. The number of aliphatic hydroxyl groups excluding tert-OH is 1. The van der Waals surface area contributed by atoms with E-state index >= 15 is 0 Å². The lowest BCUT2D eigenvalue weighted by atomic mass is 9.83. The monoisotopic (exact) mass is 1130 g/mol. The highest BCUT2D eigenvalue weighted by molar-refractivity contribution is 5.86. The number of carbonyl (C=O) groups excluding carboxylic acids is 4. The number of aliphatic hydroxyl groups is 1. The van der Waals surface area contributed by atoms with Crippen LogP contribution >= 0.6 is 0 Å². The molecule has 26 heteroatoms. The van der Waals surface area contributed by atoms with Crippen LogP contribution in [0.5, 0.6) is 0 Å². The van der Waals surface area contributed by atoms with Gasteiger partial charge in [0.15, 0.2) is 6.10 Å². The molecular weight excluding hydrogens is 1070 g/mol. The summed E-state index contributed by atoms with van der Waals surface area (Å²) in [5.74, 6) is 4.07. The highest BCUT2D eigenvalue weighted by Gasteiger charge is 2.58. The van der Waals surface area contributed by atoms with Gasteiger partial charge in [-0.05, 0) is 88.4 Å². The first-order valence-electron chi connectivity index (χ1n) is 25.7. The van der Waals surface area contributed by atoms with Crippen LogP contribution in [0.25, 0.3) is 11.3 Å².